The lowest BCUT2D eigenvalue weighted by atomic mass is 9.40. The van der Waals surface area contributed by atoms with Crippen LogP contribution in [0.2, 0.25) is 0 Å². The van der Waals surface area contributed by atoms with E-state index in [9.17, 15) is 91.6 Å². The number of cyclic esters (lactones) is 1. The quantitative estimate of drug-likeness (QED) is 0.0274. The van der Waals surface area contributed by atoms with Crippen LogP contribution in [0, 0.1) is 39.4 Å². The van der Waals surface area contributed by atoms with Gasteiger partial charge in [-0.15, -0.1) is 0 Å². The summed E-state index contributed by atoms with van der Waals surface area (Å²) in [5.41, 5.74) is -1.58. The van der Waals surface area contributed by atoms with E-state index in [4.69, 9.17) is 71.1 Å². The topological polar surface area (TPSA) is 499 Å². The first-order chi connectivity index (χ1) is 47.3. The molecule has 1 spiro atoms. The molecule has 7 heterocycles. The molecule has 33 heteroatoms. The molecule has 38 atom stereocenters. The van der Waals surface area contributed by atoms with Crippen molar-refractivity contribution in [1.29, 1.82) is 0 Å². The molecule has 0 aromatic carbocycles. The molecule has 4 aliphatic carbocycles. The Balaban J connectivity index is 0.848. The van der Waals surface area contributed by atoms with E-state index >= 15 is 0 Å². The van der Waals surface area contributed by atoms with Crippen LogP contribution in [0.5, 0.6) is 0 Å². The van der Waals surface area contributed by atoms with Gasteiger partial charge in [-0.3, -0.25) is 4.79 Å². The summed E-state index contributed by atoms with van der Waals surface area (Å²) >= 11 is 0. The van der Waals surface area contributed by atoms with Crippen LogP contribution in [-0.2, 0) is 75.8 Å². The zero-order valence-electron chi connectivity index (χ0n) is 57.8. The van der Waals surface area contributed by atoms with Gasteiger partial charge in [-0.2, -0.15) is 0 Å². The van der Waals surface area contributed by atoms with Gasteiger partial charge in [-0.05, 0) is 100 Å². The largest absolute Gasteiger partial charge is 0.458 e. The van der Waals surface area contributed by atoms with Crippen LogP contribution in [0.15, 0.2) is 23.3 Å². The lowest BCUT2D eigenvalue weighted by Gasteiger charge is -2.64. The number of allylic oxidation sites excluding steroid dienone is 3. The summed E-state index contributed by atoms with van der Waals surface area (Å²) in [4.78, 5) is 14.6. The predicted molar refractivity (Wildman–Crippen MR) is 333 cm³/mol. The maximum atomic E-state index is 14.6. The summed E-state index contributed by atoms with van der Waals surface area (Å²) in [5, 5.41) is 191. The second kappa shape index (κ2) is 30.8. The van der Waals surface area contributed by atoms with Gasteiger partial charge in [0.2, 0.25) is 0 Å². The Morgan fingerprint density at radius 3 is 1.45 bits per heavy atom. The normalized spacial score (nSPS) is 52.4. The number of methoxy groups -OCH3 is 2. The zero-order valence-corrected chi connectivity index (χ0v) is 57.8. The van der Waals surface area contributed by atoms with Gasteiger partial charge in [0.15, 0.2) is 37.7 Å². The van der Waals surface area contributed by atoms with Gasteiger partial charge in [0.1, 0.15) is 151 Å². The molecule has 574 valence electrons. The minimum atomic E-state index is -2.19. The van der Waals surface area contributed by atoms with E-state index in [1.807, 2.05) is 26.8 Å². The molecule has 10 fully saturated rings. The van der Waals surface area contributed by atoms with Gasteiger partial charge in [0.25, 0.3) is 0 Å². The zero-order chi connectivity index (χ0) is 72.8. The summed E-state index contributed by atoms with van der Waals surface area (Å²) in [6, 6.07) is 0. The Kier molecular flexibility index (Phi) is 24.2. The van der Waals surface area contributed by atoms with Gasteiger partial charge < -0.3 is 158 Å². The van der Waals surface area contributed by atoms with Crippen molar-refractivity contribution in [3.8, 4) is 0 Å². The molecule has 0 radical (unpaired) electrons. The molecule has 7 saturated heterocycles. The van der Waals surface area contributed by atoms with E-state index < -0.39 is 257 Å². The summed E-state index contributed by atoms with van der Waals surface area (Å²) in [5.74, 6) is -0.755. The monoisotopic (exact) mass is 1440 g/mol. The molecular formula is C67H108O33. The van der Waals surface area contributed by atoms with Gasteiger partial charge >= 0.3 is 5.97 Å². The van der Waals surface area contributed by atoms with Crippen molar-refractivity contribution in [2.45, 2.75) is 296 Å². The van der Waals surface area contributed by atoms with Crippen molar-refractivity contribution in [2.75, 3.05) is 53.9 Å². The fourth-order valence-corrected chi connectivity index (χ4v) is 19.2. The standard InChI is InChI=1S/C67H108O33/c1-26(2)11-10-16-66(7)36-14-18-65(6)27-12-13-35-63(3,4)38(15-17-64(35,5)28(27)19-37(73)67(36,65)62(85)100-66)95-61-55(43(78)34(25-88-61)94-57-48(83)53(41(76)31(22-70)89-57)97-58-46(81)51(86-8)39(74)29(20-68)90-58)99-56-45(80)44(79)50(33(24-72)93-56)96-60-49(84)54(42(77)32(23-71)92-60)98-59-47(82)52(87-9)40(75)30(21-69)91-59/h11,19,27,29-61,68-84H,10,12-18,20-25H2,1-9H3. The predicted octanol–water partition coefficient (Wildman–Crippen LogP) is -5.14. The van der Waals surface area contributed by atoms with Gasteiger partial charge in [-0.1, -0.05) is 51.0 Å². The van der Waals surface area contributed by atoms with Crippen molar-refractivity contribution in [3.05, 3.63) is 23.3 Å². The number of aliphatic hydroxyl groups excluding tert-OH is 17. The van der Waals surface area contributed by atoms with Crippen molar-refractivity contribution in [2.24, 2.45) is 39.4 Å². The number of carbonyl (C=O) groups is 1. The maximum absolute atomic E-state index is 14.6. The maximum Gasteiger partial charge on any atom is 0.316 e. The third-order valence-corrected chi connectivity index (χ3v) is 24.7. The number of ether oxygens (including phenoxy) is 15. The van der Waals surface area contributed by atoms with Crippen LogP contribution in [0.3, 0.4) is 0 Å². The molecule has 17 N–H and O–H groups in total. The number of hydrogen-bond donors (Lipinski definition) is 17. The van der Waals surface area contributed by atoms with Crippen molar-refractivity contribution < 1.29 is 163 Å². The van der Waals surface area contributed by atoms with Crippen molar-refractivity contribution >= 4 is 5.97 Å². The fourth-order valence-electron chi connectivity index (χ4n) is 19.2. The summed E-state index contributed by atoms with van der Waals surface area (Å²) in [6.45, 7) is 9.59. The number of aliphatic hydroxyl groups is 17. The Bertz CT molecular complexity index is 2820. The Morgan fingerprint density at radius 2 is 0.950 bits per heavy atom. The molecule has 100 heavy (non-hydrogen) atoms. The van der Waals surface area contributed by atoms with Crippen LogP contribution < -0.4 is 0 Å². The van der Waals surface area contributed by atoms with E-state index in [0.29, 0.717) is 38.5 Å². The molecule has 0 aromatic rings. The number of esters is 1. The number of rotatable bonds is 22. The smallest absolute Gasteiger partial charge is 0.316 e. The summed E-state index contributed by atoms with van der Waals surface area (Å²) in [7, 11) is 2.34. The molecule has 3 saturated carbocycles. The van der Waals surface area contributed by atoms with Gasteiger partial charge in [0.05, 0.1) is 51.8 Å². The van der Waals surface area contributed by atoms with E-state index in [-0.39, 0.29) is 23.7 Å². The lowest BCUT2D eigenvalue weighted by Crippen LogP contribution is -2.68. The van der Waals surface area contributed by atoms with Gasteiger partial charge in [-0.25, -0.2) is 0 Å². The highest BCUT2D eigenvalue weighted by molar-refractivity contribution is 5.84. The third kappa shape index (κ3) is 13.4. The number of fused-ring (bicyclic) bond motifs is 4. The molecule has 0 amide bonds. The first-order valence-electron chi connectivity index (χ1n) is 35.0. The van der Waals surface area contributed by atoms with Crippen molar-refractivity contribution in [1.82, 2.24) is 0 Å². The molecule has 11 aliphatic rings. The number of hydrogen-bond acceptors (Lipinski definition) is 33. The minimum Gasteiger partial charge on any atom is -0.458 e. The highest BCUT2D eigenvalue weighted by Crippen LogP contribution is 2.76. The molecule has 0 bridgehead atoms. The Labute approximate surface area is 579 Å². The van der Waals surface area contributed by atoms with Gasteiger partial charge in [0, 0.05) is 20.1 Å². The van der Waals surface area contributed by atoms with E-state index in [1.54, 1.807) is 0 Å². The average Bonchev–Trinajstić information content (AvgIpc) is 1.46. The Hall–Kier alpha value is -2.29. The first-order valence-corrected chi connectivity index (χ1v) is 35.0. The van der Waals surface area contributed by atoms with Crippen LogP contribution in [0.4, 0.5) is 0 Å². The van der Waals surface area contributed by atoms with Crippen LogP contribution >= 0.6 is 0 Å². The average molecular weight is 1440 g/mol. The third-order valence-electron chi connectivity index (χ3n) is 24.7. The summed E-state index contributed by atoms with van der Waals surface area (Å²) < 4.78 is 89.8. The van der Waals surface area contributed by atoms with Crippen molar-refractivity contribution in [3.63, 3.8) is 0 Å². The molecule has 11 rings (SSSR count). The highest BCUT2D eigenvalue weighted by atomic mass is 16.8. The highest BCUT2D eigenvalue weighted by Gasteiger charge is 2.79. The molecule has 33 nitrogen and oxygen atoms in total. The summed E-state index contributed by atoms with van der Waals surface area (Å²) in [6.07, 6.45) is -44.0. The van der Waals surface area contributed by atoms with Crippen LogP contribution in [0.25, 0.3) is 0 Å². The SMILES string of the molecule is COC1C(O)C(CO)OC(OC2C(O)C(CO)OC(OC3COC(OC4CCC5(C)C6=CC(O)C78C(=O)OC(C)(CCC=C(C)C)C7CCC8(C)C6CCC5C4(C)C)C(OC4OC(CO)C(OC5OC(CO)C(O)C(OC6OC(CO)C(O)C(OC)C6O)C5O)C(O)C4O)C3O)C2O)C1O. The number of carbonyl (C=O) groups excluding carboxylic acids is 1. The fraction of sp³-hybridized carbons (Fsp3) is 0.925. The molecular weight excluding hydrogens is 1330 g/mol. The van der Waals surface area contributed by atoms with Crippen LogP contribution in [0.1, 0.15) is 99.8 Å². The molecule has 7 aliphatic heterocycles. The second-order valence-electron chi connectivity index (χ2n) is 30.8. The van der Waals surface area contributed by atoms with E-state index in [1.165, 1.54) is 7.11 Å². The molecule has 38 unspecified atom stereocenters. The van der Waals surface area contributed by atoms with Crippen LogP contribution in [-0.4, -0.2) is 343 Å². The molecule has 0 aromatic heterocycles. The minimum absolute atomic E-state index is 0.0672. The van der Waals surface area contributed by atoms with E-state index in [0.717, 1.165) is 31.1 Å². The lowest BCUT2D eigenvalue weighted by molar-refractivity contribution is -0.399. The second-order valence-corrected chi connectivity index (χ2v) is 30.8. The Morgan fingerprint density at radius 1 is 0.490 bits per heavy atom. The van der Waals surface area contributed by atoms with E-state index in [2.05, 4.69) is 33.8 Å². The first kappa shape index (κ1) is 78.8.